The Balaban J connectivity index is 0.00000372. The predicted octanol–water partition coefficient (Wildman–Crippen LogP) is 9.52. The van der Waals surface area contributed by atoms with Crippen LogP contribution in [0.15, 0.2) is 134 Å². The first-order valence-electron chi connectivity index (χ1n) is 17.6. The molecule has 0 saturated heterocycles. The third-order valence-corrected chi connectivity index (χ3v) is 10.6. The summed E-state index contributed by atoms with van der Waals surface area (Å²) in [6, 6.07) is 52.9. The smallest absolute Gasteiger partial charge is 0.319 e. The van der Waals surface area contributed by atoms with Crippen LogP contribution in [0.25, 0.3) is 38.8 Å². The SMILES string of the molecule is C[N+]1=C=[N+](c2[c-]c(C3(c4[c-]c5c(cc4)c4ccccc4n5-c4ccccn4)c4ccccc4-c4ccccc43)cc(C(C)(C)C)c2)c2nccnc21.[Pt+2]. The first kappa shape index (κ1) is 33.1. The van der Waals surface area contributed by atoms with Crippen molar-refractivity contribution >= 4 is 45.1 Å². The quantitative estimate of drug-likeness (QED) is 0.131. The van der Waals surface area contributed by atoms with E-state index >= 15 is 0 Å². The van der Waals surface area contributed by atoms with Gasteiger partial charge in [0.15, 0.2) is 6.20 Å². The van der Waals surface area contributed by atoms with Gasteiger partial charge in [-0.1, -0.05) is 99.1 Å². The third-order valence-electron chi connectivity index (χ3n) is 10.6. The maximum atomic E-state index is 4.82. The van der Waals surface area contributed by atoms with E-state index in [1.165, 1.54) is 33.2 Å². The zero-order valence-corrected chi connectivity index (χ0v) is 32.0. The van der Waals surface area contributed by atoms with Gasteiger partial charge in [-0.25, -0.2) is 4.98 Å². The third kappa shape index (κ3) is 4.79. The molecule has 3 aromatic heterocycles. The summed E-state index contributed by atoms with van der Waals surface area (Å²) < 4.78 is 6.13. The number of benzene rings is 5. The van der Waals surface area contributed by atoms with E-state index in [1.807, 2.05) is 34.5 Å². The Morgan fingerprint density at radius 2 is 1.34 bits per heavy atom. The summed E-state index contributed by atoms with van der Waals surface area (Å²) >= 11 is 0. The number of pyridine rings is 1. The minimum Gasteiger partial charge on any atom is -0.319 e. The summed E-state index contributed by atoms with van der Waals surface area (Å²) in [5, 5.41) is 2.30. The molecule has 1 aliphatic carbocycles. The molecule has 0 radical (unpaired) electrons. The second kappa shape index (κ2) is 12.1. The molecule has 1 aliphatic heterocycles. The van der Waals surface area contributed by atoms with E-state index in [1.54, 1.807) is 12.4 Å². The van der Waals surface area contributed by atoms with E-state index in [-0.39, 0.29) is 26.5 Å². The average molecular weight is 866 g/mol. The van der Waals surface area contributed by atoms with Crippen molar-refractivity contribution in [1.29, 1.82) is 0 Å². The fourth-order valence-corrected chi connectivity index (χ4v) is 8.24. The number of hydrogen-bond donors (Lipinski definition) is 0. The first-order chi connectivity index (χ1) is 25.3. The van der Waals surface area contributed by atoms with Crippen LogP contribution in [0, 0.1) is 12.1 Å². The minimum absolute atomic E-state index is 0. The summed E-state index contributed by atoms with van der Waals surface area (Å²) in [5.41, 5.74) is 10.1. The van der Waals surface area contributed by atoms with Gasteiger partial charge in [-0.2, -0.15) is 29.2 Å². The van der Waals surface area contributed by atoms with Gasteiger partial charge in [0.1, 0.15) is 12.9 Å². The van der Waals surface area contributed by atoms with Gasteiger partial charge in [-0.05, 0) is 51.3 Å². The van der Waals surface area contributed by atoms with Crippen molar-refractivity contribution in [2.75, 3.05) is 7.05 Å². The largest absolute Gasteiger partial charge is 2.00 e. The van der Waals surface area contributed by atoms with Crippen molar-refractivity contribution in [2.24, 2.45) is 0 Å². The van der Waals surface area contributed by atoms with Crippen molar-refractivity contribution in [2.45, 2.75) is 31.6 Å². The Hall–Kier alpha value is -5.80. The fourth-order valence-electron chi connectivity index (χ4n) is 8.24. The second-order valence-corrected chi connectivity index (χ2v) is 14.6. The maximum absolute atomic E-state index is 4.82. The van der Waals surface area contributed by atoms with Gasteiger partial charge in [0.2, 0.25) is 0 Å². The number of hydrogen-bond acceptors (Lipinski definition) is 3. The van der Waals surface area contributed by atoms with Crippen LogP contribution in [0.1, 0.15) is 48.6 Å². The summed E-state index contributed by atoms with van der Waals surface area (Å²) in [6.45, 7) is 6.79. The van der Waals surface area contributed by atoms with Crippen LogP contribution in [0.4, 0.5) is 17.3 Å². The molecule has 0 amide bonds. The van der Waals surface area contributed by atoms with Gasteiger partial charge < -0.3 is 4.57 Å². The molecule has 53 heavy (non-hydrogen) atoms. The fraction of sp³-hybridized carbons (Fsp3) is 0.130. The van der Waals surface area contributed by atoms with Gasteiger partial charge >= 0.3 is 38.7 Å². The molecule has 0 unspecified atom stereocenters. The molecule has 8 aromatic rings. The van der Waals surface area contributed by atoms with Crippen LogP contribution in [-0.2, 0) is 31.9 Å². The molecule has 0 saturated carbocycles. The number of aromatic nitrogens is 4. The molecule has 0 N–H and O–H groups in total. The van der Waals surface area contributed by atoms with E-state index in [0.717, 1.165) is 50.7 Å². The van der Waals surface area contributed by atoms with Gasteiger partial charge in [0.25, 0.3) is 0 Å². The molecule has 7 heteroatoms. The summed E-state index contributed by atoms with van der Waals surface area (Å²) in [5.74, 6) is 2.34. The maximum Gasteiger partial charge on any atom is 2.00 e. The van der Waals surface area contributed by atoms with E-state index in [0.29, 0.717) is 0 Å². The van der Waals surface area contributed by atoms with Crippen molar-refractivity contribution in [1.82, 2.24) is 24.1 Å². The number of fused-ring (bicyclic) bond motifs is 7. The Kier molecular flexibility index (Phi) is 7.57. The standard InChI is InChI=1S/C46H34N6.Pt/c1-45(2,3)31-25-32(27-33(26-31)51-29-50(4)43-44(51)49-24-23-48-43)46(38-16-8-5-13-34(38)35-14-6-9-17-39(35)46)30-20-21-37-36-15-7-10-18-40(36)52(41(37)28-30)42-19-11-12-22-47-42;/h5-26H,1-4H3;/q;+2. The molecular weight excluding hydrogens is 832 g/mol. The normalized spacial score (nSPS) is 14.0. The van der Waals surface area contributed by atoms with Crippen LogP contribution in [0.2, 0.25) is 0 Å². The van der Waals surface area contributed by atoms with Crippen molar-refractivity contribution in [3.8, 4) is 16.9 Å². The zero-order chi connectivity index (χ0) is 35.2. The summed E-state index contributed by atoms with van der Waals surface area (Å²) in [7, 11) is 1.96. The molecule has 256 valence electrons. The Morgan fingerprint density at radius 3 is 2.06 bits per heavy atom. The number of para-hydroxylation sites is 1. The molecule has 2 aliphatic rings. The van der Waals surface area contributed by atoms with Gasteiger partial charge in [-0.3, -0.25) is 0 Å². The molecule has 4 heterocycles. The summed E-state index contributed by atoms with van der Waals surface area (Å²) in [4.78, 5) is 14.2. The molecular formula is C46H34N6Pt+2. The minimum atomic E-state index is -0.750. The van der Waals surface area contributed by atoms with Crippen LogP contribution in [0.3, 0.4) is 0 Å². The van der Waals surface area contributed by atoms with Crippen molar-refractivity contribution < 1.29 is 25.6 Å². The van der Waals surface area contributed by atoms with Crippen LogP contribution in [-0.4, -0.2) is 37.2 Å². The van der Waals surface area contributed by atoms with Crippen LogP contribution in [0.5, 0.6) is 0 Å². The van der Waals surface area contributed by atoms with Crippen molar-refractivity contribution in [3.05, 3.63) is 174 Å². The Labute approximate surface area is 322 Å². The summed E-state index contributed by atoms with van der Waals surface area (Å²) in [6.07, 6.45) is 5.31. The van der Waals surface area contributed by atoms with Crippen molar-refractivity contribution in [3.63, 3.8) is 0 Å². The molecule has 6 nitrogen and oxygen atoms in total. The number of rotatable bonds is 4. The van der Waals surface area contributed by atoms with Crippen LogP contribution < -0.4 is 4.58 Å². The Bertz CT molecular complexity index is 2790. The van der Waals surface area contributed by atoms with E-state index in [9.17, 15) is 0 Å². The molecule has 5 aromatic carbocycles. The molecule has 0 atom stereocenters. The second-order valence-electron chi connectivity index (χ2n) is 14.6. The molecule has 10 rings (SSSR count). The van der Waals surface area contributed by atoms with Gasteiger partial charge in [0.05, 0.1) is 11.9 Å². The molecule has 0 spiro atoms. The van der Waals surface area contributed by atoms with Gasteiger partial charge in [0, 0.05) is 22.1 Å². The van der Waals surface area contributed by atoms with E-state index in [2.05, 4.69) is 152 Å². The van der Waals surface area contributed by atoms with E-state index in [4.69, 9.17) is 9.97 Å². The zero-order valence-electron chi connectivity index (χ0n) is 29.7. The van der Waals surface area contributed by atoms with Gasteiger partial charge in [-0.15, -0.1) is 43.4 Å². The Morgan fingerprint density at radius 1 is 0.660 bits per heavy atom. The van der Waals surface area contributed by atoms with Crippen LogP contribution >= 0.6 is 0 Å². The predicted molar refractivity (Wildman–Crippen MR) is 207 cm³/mol. The first-order valence-corrected chi connectivity index (χ1v) is 17.6. The molecule has 0 fully saturated rings. The topological polar surface area (TPSA) is 49.6 Å². The average Bonchev–Trinajstić information content (AvgIpc) is 3.80. The number of nitrogens with zero attached hydrogens (tertiary/aromatic N) is 6. The molecule has 0 bridgehead atoms. The van der Waals surface area contributed by atoms with E-state index < -0.39 is 5.41 Å². The monoisotopic (exact) mass is 865 g/mol.